The summed E-state index contributed by atoms with van der Waals surface area (Å²) in [5.74, 6) is -1.85. The highest BCUT2D eigenvalue weighted by Gasteiger charge is 2.38. The van der Waals surface area contributed by atoms with E-state index >= 15 is 0 Å². The zero-order valence-corrected chi connectivity index (χ0v) is 19.1. The van der Waals surface area contributed by atoms with Crippen molar-refractivity contribution in [3.63, 3.8) is 0 Å². The number of carbonyl (C=O) groups is 1. The lowest BCUT2D eigenvalue weighted by molar-refractivity contribution is -0.192. The van der Waals surface area contributed by atoms with Crippen molar-refractivity contribution in [1.29, 1.82) is 0 Å². The van der Waals surface area contributed by atoms with Crippen LogP contribution in [0.25, 0.3) is 27.7 Å². The summed E-state index contributed by atoms with van der Waals surface area (Å²) < 4.78 is 47.2. The van der Waals surface area contributed by atoms with Crippen molar-refractivity contribution in [2.75, 3.05) is 5.32 Å². The lowest BCUT2D eigenvalue weighted by Crippen LogP contribution is -2.21. The van der Waals surface area contributed by atoms with Crippen LogP contribution in [0.5, 0.6) is 0 Å². The molecule has 5 aromatic rings. The Morgan fingerprint density at radius 2 is 1.70 bits per heavy atom. The van der Waals surface area contributed by atoms with E-state index in [1.54, 1.807) is 23.3 Å². The zero-order valence-electron chi connectivity index (χ0n) is 19.1. The number of hydrogen-bond acceptors (Lipinski definition) is 6. The molecule has 0 aliphatic rings. The van der Waals surface area contributed by atoms with Gasteiger partial charge in [0, 0.05) is 22.8 Å². The van der Waals surface area contributed by atoms with Gasteiger partial charge in [0.05, 0.1) is 11.2 Å². The molecule has 2 N–H and O–H groups in total. The van der Waals surface area contributed by atoms with E-state index in [1.165, 1.54) is 12.1 Å². The molecule has 0 saturated carbocycles. The van der Waals surface area contributed by atoms with Crippen molar-refractivity contribution in [2.24, 2.45) is 0 Å². The summed E-state index contributed by atoms with van der Waals surface area (Å²) in [5.41, 5.74) is 4.15. The molecular weight excluding hydrogens is 492 g/mol. The number of alkyl halides is 3. The number of fused-ring (bicyclic) bond motifs is 1. The molecule has 0 saturated heterocycles. The van der Waals surface area contributed by atoms with Gasteiger partial charge < -0.3 is 10.4 Å². The highest BCUT2D eigenvalue weighted by molar-refractivity contribution is 5.93. The molecule has 0 aliphatic heterocycles. The van der Waals surface area contributed by atoms with Gasteiger partial charge in [-0.25, -0.2) is 28.8 Å². The molecular formula is C25H18F4N6O2. The molecule has 0 amide bonds. The maximum Gasteiger partial charge on any atom is 0.490 e. The van der Waals surface area contributed by atoms with Gasteiger partial charge in [-0.15, -0.1) is 0 Å². The average molecular weight is 510 g/mol. The highest BCUT2D eigenvalue weighted by atomic mass is 19.4. The smallest absolute Gasteiger partial charge is 0.475 e. The summed E-state index contributed by atoms with van der Waals surface area (Å²) in [7, 11) is 0. The Hall–Kier alpha value is -4.87. The van der Waals surface area contributed by atoms with E-state index in [-0.39, 0.29) is 5.82 Å². The van der Waals surface area contributed by atoms with Crippen LogP contribution in [0.4, 0.5) is 29.2 Å². The summed E-state index contributed by atoms with van der Waals surface area (Å²) in [4.78, 5) is 22.1. The van der Waals surface area contributed by atoms with Gasteiger partial charge in [-0.1, -0.05) is 30.3 Å². The molecule has 0 radical (unpaired) electrons. The molecule has 2 aromatic heterocycles. The molecule has 37 heavy (non-hydrogen) atoms. The minimum atomic E-state index is -5.08. The number of aromatic nitrogens is 5. The highest BCUT2D eigenvalue weighted by Crippen LogP contribution is 2.28. The van der Waals surface area contributed by atoms with Crippen LogP contribution in [0.3, 0.4) is 0 Å². The number of carboxylic acids is 1. The monoisotopic (exact) mass is 510 g/mol. The number of halogens is 4. The fraction of sp³-hybridized carbons (Fsp3) is 0.0800. The van der Waals surface area contributed by atoms with Crippen molar-refractivity contribution in [2.45, 2.75) is 13.1 Å². The van der Waals surface area contributed by atoms with Crippen LogP contribution >= 0.6 is 0 Å². The second kappa shape index (κ2) is 10.4. The third-order valence-electron chi connectivity index (χ3n) is 4.98. The lowest BCUT2D eigenvalue weighted by atomic mass is 10.0. The fourth-order valence-electron chi connectivity index (χ4n) is 3.30. The van der Waals surface area contributed by atoms with Crippen LogP contribution in [-0.4, -0.2) is 42.0 Å². The fourth-order valence-corrected chi connectivity index (χ4v) is 3.30. The molecule has 0 spiro atoms. The maximum atomic E-state index is 13.7. The normalized spacial score (nSPS) is 11.1. The number of carboxylic acid groups (broad SMARTS) is 1. The van der Waals surface area contributed by atoms with Crippen molar-refractivity contribution in [1.82, 2.24) is 24.7 Å². The maximum absolute atomic E-state index is 13.7. The first-order valence-electron chi connectivity index (χ1n) is 10.7. The van der Waals surface area contributed by atoms with Crippen LogP contribution in [0, 0.1) is 12.7 Å². The van der Waals surface area contributed by atoms with E-state index in [9.17, 15) is 17.6 Å². The van der Waals surface area contributed by atoms with Crippen molar-refractivity contribution in [3.8, 4) is 16.8 Å². The SMILES string of the molecule is Cc1ncn(-c2ccc(Nc3ncc4cccc(-c5cccc(F)c5)c4n3)cc2)n1.O=C(O)C(F)(F)F. The number of hydrogen-bond donors (Lipinski definition) is 2. The van der Waals surface area contributed by atoms with Gasteiger partial charge in [-0.05, 0) is 48.9 Å². The number of rotatable bonds is 4. The number of nitrogens with one attached hydrogen (secondary N) is 1. The molecule has 0 aliphatic carbocycles. The van der Waals surface area contributed by atoms with E-state index in [2.05, 4.69) is 25.4 Å². The first-order valence-corrected chi connectivity index (χ1v) is 10.7. The van der Waals surface area contributed by atoms with Crippen molar-refractivity contribution in [3.05, 3.63) is 90.9 Å². The molecule has 3 aromatic carbocycles. The molecule has 188 valence electrons. The van der Waals surface area contributed by atoms with Gasteiger partial charge in [0.15, 0.2) is 0 Å². The van der Waals surface area contributed by atoms with Gasteiger partial charge in [0.25, 0.3) is 0 Å². The predicted octanol–water partition coefficient (Wildman–Crippen LogP) is 5.70. The first kappa shape index (κ1) is 25.2. The number of nitrogens with zero attached hydrogens (tertiary/aromatic N) is 5. The van der Waals surface area contributed by atoms with Gasteiger partial charge in [0.2, 0.25) is 5.95 Å². The Bertz CT molecular complexity index is 1550. The van der Waals surface area contributed by atoms with Gasteiger partial charge in [0.1, 0.15) is 18.0 Å². The minimum Gasteiger partial charge on any atom is -0.475 e. The molecule has 12 heteroatoms. The van der Waals surface area contributed by atoms with Gasteiger partial charge in [-0.2, -0.15) is 18.3 Å². The van der Waals surface area contributed by atoms with E-state index < -0.39 is 12.1 Å². The molecule has 0 fully saturated rings. The summed E-state index contributed by atoms with van der Waals surface area (Å²) in [6.07, 6.45) is -1.64. The van der Waals surface area contributed by atoms with Crippen LogP contribution in [-0.2, 0) is 4.79 Å². The van der Waals surface area contributed by atoms with E-state index in [0.29, 0.717) is 5.95 Å². The lowest BCUT2D eigenvalue weighted by Gasteiger charge is -2.10. The Kier molecular flexibility index (Phi) is 7.09. The quantitative estimate of drug-likeness (QED) is 0.299. The average Bonchev–Trinajstić information content (AvgIpc) is 3.30. The Balaban J connectivity index is 0.000000405. The van der Waals surface area contributed by atoms with Crippen LogP contribution < -0.4 is 5.32 Å². The van der Waals surface area contributed by atoms with E-state index in [1.807, 2.05) is 55.5 Å². The number of aryl methyl sites for hydroxylation is 1. The van der Waals surface area contributed by atoms with Gasteiger partial charge >= 0.3 is 12.1 Å². The van der Waals surface area contributed by atoms with Crippen molar-refractivity contribution >= 4 is 28.5 Å². The molecule has 0 atom stereocenters. The number of anilines is 2. The second-order valence-electron chi connectivity index (χ2n) is 7.66. The summed E-state index contributed by atoms with van der Waals surface area (Å²) >= 11 is 0. The topological polar surface area (TPSA) is 106 Å². The van der Waals surface area contributed by atoms with E-state index in [4.69, 9.17) is 9.90 Å². The standard InChI is InChI=1S/C23H17FN6.C2HF3O2/c1-15-26-14-30(29-15)20-10-8-19(9-11-20)27-23-25-13-17-5-3-7-21(22(17)28-23)16-4-2-6-18(24)12-16;3-2(4,5)1(6)7/h2-14H,1H3,(H,25,27,28);(H,6,7). The van der Waals surface area contributed by atoms with Crippen LogP contribution in [0.2, 0.25) is 0 Å². The third-order valence-corrected chi connectivity index (χ3v) is 4.98. The minimum absolute atomic E-state index is 0.278. The molecule has 0 bridgehead atoms. The predicted molar refractivity (Wildman–Crippen MR) is 128 cm³/mol. The Morgan fingerprint density at radius 1 is 1.00 bits per heavy atom. The molecule has 2 heterocycles. The molecule has 8 nitrogen and oxygen atoms in total. The van der Waals surface area contributed by atoms with Gasteiger partial charge in [-0.3, -0.25) is 0 Å². The van der Waals surface area contributed by atoms with Crippen LogP contribution in [0.15, 0.2) is 79.3 Å². The Labute approximate surface area is 207 Å². The summed E-state index contributed by atoms with van der Waals surface area (Å²) in [5, 5.41) is 15.5. The number of para-hydroxylation sites is 1. The second-order valence-corrected chi connectivity index (χ2v) is 7.66. The number of benzene rings is 3. The van der Waals surface area contributed by atoms with Crippen LogP contribution in [0.1, 0.15) is 5.82 Å². The summed E-state index contributed by atoms with van der Waals surface area (Å²) in [6.45, 7) is 1.85. The van der Waals surface area contributed by atoms with Crippen molar-refractivity contribution < 1.29 is 27.5 Å². The zero-order chi connectivity index (χ0) is 26.6. The summed E-state index contributed by atoms with van der Waals surface area (Å²) in [6, 6.07) is 20.0. The Morgan fingerprint density at radius 3 is 2.32 bits per heavy atom. The molecule has 0 unspecified atom stereocenters. The first-order chi connectivity index (χ1) is 17.6. The molecule has 5 rings (SSSR count). The number of aliphatic carboxylic acids is 1. The van der Waals surface area contributed by atoms with E-state index in [0.717, 1.165) is 39.2 Å². The third kappa shape index (κ3) is 6.23. The largest absolute Gasteiger partial charge is 0.490 e.